The molecular weight excluding hydrogens is 362 g/mol. The summed E-state index contributed by atoms with van der Waals surface area (Å²) >= 11 is 0. The van der Waals surface area contributed by atoms with Crippen LogP contribution in [-0.4, -0.2) is 0 Å². The van der Waals surface area contributed by atoms with Crippen LogP contribution in [0.2, 0.25) is 0 Å². The molecule has 30 heavy (non-hydrogen) atoms. The Morgan fingerprint density at radius 2 is 1.23 bits per heavy atom. The molecule has 1 nitrogen and oxygen atoms in total. The van der Waals surface area contributed by atoms with Gasteiger partial charge >= 0.3 is 0 Å². The number of hydrogen-bond acceptors (Lipinski definition) is 0. The van der Waals surface area contributed by atoms with Crippen molar-refractivity contribution in [3.63, 3.8) is 0 Å². The van der Waals surface area contributed by atoms with Crippen molar-refractivity contribution in [2.24, 2.45) is 7.05 Å². The molecule has 0 bridgehead atoms. The van der Waals surface area contributed by atoms with Crippen LogP contribution >= 0.6 is 0 Å². The Hall–Kier alpha value is -3.19. The summed E-state index contributed by atoms with van der Waals surface area (Å²) in [6, 6.07) is 28.9. The van der Waals surface area contributed by atoms with Crippen molar-refractivity contribution >= 4 is 32.4 Å². The SMILES string of the molecule is Cc1c(-c2c3ccccc3c3ccccc3[n+]2C)ccc2c(C(C)(C)C)cccc12. The summed E-state index contributed by atoms with van der Waals surface area (Å²) < 4.78 is 2.36. The quantitative estimate of drug-likeness (QED) is 0.210. The van der Waals surface area contributed by atoms with Crippen molar-refractivity contribution in [2.75, 3.05) is 0 Å². The van der Waals surface area contributed by atoms with Gasteiger partial charge in [0.05, 0.1) is 16.3 Å². The van der Waals surface area contributed by atoms with E-state index < -0.39 is 0 Å². The summed E-state index contributed by atoms with van der Waals surface area (Å²) in [5.41, 5.74) is 6.71. The van der Waals surface area contributed by atoms with Gasteiger partial charge in [-0.25, -0.2) is 0 Å². The lowest BCUT2D eigenvalue weighted by molar-refractivity contribution is -0.632. The first-order valence-corrected chi connectivity index (χ1v) is 10.7. The Morgan fingerprint density at radius 3 is 1.97 bits per heavy atom. The summed E-state index contributed by atoms with van der Waals surface area (Å²) in [5, 5.41) is 6.61. The third kappa shape index (κ3) is 2.73. The molecule has 5 rings (SSSR count). The largest absolute Gasteiger partial charge is 0.220 e. The summed E-state index contributed by atoms with van der Waals surface area (Å²) in [7, 11) is 2.19. The fraction of sp³-hybridized carbons (Fsp3) is 0.207. The maximum absolute atomic E-state index is 2.36. The van der Waals surface area contributed by atoms with Crippen molar-refractivity contribution in [3.05, 3.63) is 90.0 Å². The van der Waals surface area contributed by atoms with E-state index in [1.807, 2.05) is 0 Å². The van der Waals surface area contributed by atoms with Crippen LogP contribution in [0.5, 0.6) is 0 Å². The molecule has 0 N–H and O–H groups in total. The minimum Gasteiger partial charge on any atom is -0.194 e. The number of rotatable bonds is 1. The fourth-order valence-corrected chi connectivity index (χ4v) is 4.96. The molecule has 1 aromatic heterocycles. The average Bonchev–Trinajstić information content (AvgIpc) is 2.74. The molecule has 0 saturated carbocycles. The zero-order valence-corrected chi connectivity index (χ0v) is 18.5. The Morgan fingerprint density at radius 1 is 0.600 bits per heavy atom. The van der Waals surface area contributed by atoms with Crippen LogP contribution in [0.3, 0.4) is 0 Å². The second kappa shape index (κ2) is 6.67. The molecule has 0 aliphatic rings. The van der Waals surface area contributed by atoms with E-state index in [0.29, 0.717) is 0 Å². The van der Waals surface area contributed by atoms with Crippen molar-refractivity contribution in [2.45, 2.75) is 33.1 Å². The van der Waals surface area contributed by atoms with E-state index in [4.69, 9.17) is 0 Å². The molecule has 4 aromatic carbocycles. The number of pyridine rings is 1. The first kappa shape index (κ1) is 18.8. The Kier molecular flexibility index (Phi) is 4.18. The van der Waals surface area contributed by atoms with Crippen molar-refractivity contribution < 1.29 is 4.57 Å². The van der Waals surface area contributed by atoms with Gasteiger partial charge in [-0.05, 0) is 52.4 Å². The summed E-state index contributed by atoms with van der Waals surface area (Å²) in [6.07, 6.45) is 0. The van der Waals surface area contributed by atoms with Gasteiger partial charge in [-0.1, -0.05) is 75.4 Å². The Balaban J connectivity index is 1.91. The van der Waals surface area contributed by atoms with E-state index in [-0.39, 0.29) is 5.41 Å². The van der Waals surface area contributed by atoms with Crippen molar-refractivity contribution in [1.82, 2.24) is 0 Å². The van der Waals surface area contributed by atoms with E-state index in [1.165, 1.54) is 54.8 Å². The molecule has 1 heterocycles. The van der Waals surface area contributed by atoms with Crippen LogP contribution in [0.4, 0.5) is 0 Å². The van der Waals surface area contributed by atoms with Crippen molar-refractivity contribution in [1.29, 1.82) is 0 Å². The highest BCUT2D eigenvalue weighted by atomic mass is 14.9. The lowest BCUT2D eigenvalue weighted by Crippen LogP contribution is -2.32. The molecule has 0 spiro atoms. The normalized spacial score (nSPS) is 12.2. The molecule has 0 aliphatic heterocycles. The second-order valence-electron chi connectivity index (χ2n) is 9.36. The van der Waals surface area contributed by atoms with E-state index in [9.17, 15) is 0 Å². The molecule has 0 aliphatic carbocycles. The first-order valence-electron chi connectivity index (χ1n) is 10.7. The maximum atomic E-state index is 2.36. The topological polar surface area (TPSA) is 3.88 Å². The predicted molar refractivity (Wildman–Crippen MR) is 129 cm³/mol. The number of benzene rings is 4. The minimum atomic E-state index is 0.119. The lowest BCUT2D eigenvalue weighted by atomic mass is 9.82. The van der Waals surface area contributed by atoms with Crippen molar-refractivity contribution in [3.8, 4) is 11.3 Å². The van der Waals surface area contributed by atoms with E-state index in [2.05, 4.69) is 118 Å². The van der Waals surface area contributed by atoms with Gasteiger partial charge in [-0.2, -0.15) is 4.57 Å². The number of para-hydroxylation sites is 1. The van der Waals surface area contributed by atoms with Crippen LogP contribution in [-0.2, 0) is 12.5 Å². The first-order chi connectivity index (χ1) is 14.4. The number of aromatic nitrogens is 1. The molecule has 148 valence electrons. The predicted octanol–water partition coefficient (Wildman–Crippen LogP) is 7.24. The third-order valence-electron chi connectivity index (χ3n) is 6.47. The summed E-state index contributed by atoms with van der Waals surface area (Å²) in [4.78, 5) is 0. The summed E-state index contributed by atoms with van der Waals surface area (Å²) in [6.45, 7) is 9.15. The van der Waals surface area contributed by atoms with Gasteiger partial charge in [-0.3, -0.25) is 0 Å². The smallest absolute Gasteiger partial charge is 0.194 e. The molecule has 1 heteroatoms. The van der Waals surface area contributed by atoms with E-state index in [0.717, 1.165) is 0 Å². The standard InChI is InChI=1S/C29H28N/c1-19-20-14-10-15-26(29(2,3)4)23(20)18-17-21(19)28-25-13-7-6-11-22(25)24-12-8-9-16-27(24)30(28)5/h6-18H,1-5H3/q+1. The molecule has 0 amide bonds. The number of aryl methyl sites for hydroxylation is 2. The number of hydrogen-bond donors (Lipinski definition) is 0. The fourth-order valence-electron chi connectivity index (χ4n) is 4.96. The van der Waals surface area contributed by atoms with Gasteiger partial charge in [0.2, 0.25) is 11.2 Å². The van der Waals surface area contributed by atoms with E-state index >= 15 is 0 Å². The Labute approximate surface area is 178 Å². The van der Waals surface area contributed by atoms with Crippen LogP contribution in [0.25, 0.3) is 43.7 Å². The molecule has 0 fully saturated rings. The lowest BCUT2D eigenvalue weighted by Gasteiger charge is -2.22. The highest BCUT2D eigenvalue weighted by Gasteiger charge is 2.23. The zero-order valence-electron chi connectivity index (χ0n) is 18.5. The van der Waals surface area contributed by atoms with Gasteiger partial charge in [0, 0.05) is 11.5 Å². The zero-order chi connectivity index (χ0) is 21.0. The van der Waals surface area contributed by atoms with Gasteiger partial charge in [0.15, 0.2) is 0 Å². The second-order valence-corrected chi connectivity index (χ2v) is 9.36. The molecule has 0 saturated heterocycles. The molecule has 0 atom stereocenters. The maximum Gasteiger partial charge on any atom is 0.220 e. The molecule has 0 radical (unpaired) electrons. The van der Waals surface area contributed by atoms with Crippen LogP contribution < -0.4 is 4.57 Å². The van der Waals surface area contributed by atoms with Crippen LogP contribution in [0.1, 0.15) is 31.9 Å². The monoisotopic (exact) mass is 390 g/mol. The number of fused-ring (bicyclic) bond motifs is 4. The third-order valence-corrected chi connectivity index (χ3v) is 6.47. The molecular formula is C29H28N+. The van der Waals surface area contributed by atoms with Crippen LogP contribution in [0.15, 0.2) is 78.9 Å². The van der Waals surface area contributed by atoms with Gasteiger partial charge in [0.25, 0.3) is 0 Å². The van der Waals surface area contributed by atoms with Crippen LogP contribution in [0, 0.1) is 6.92 Å². The van der Waals surface area contributed by atoms with Gasteiger partial charge in [-0.15, -0.1) is 0 Å². The van der Waals surface area contributed by atoms with E-state index in [1.54, 1.807) is 0 Å². The van der Waals surface area contributed by atoms with Gasteiger partial charge in [0.1, 0.15) is 7.05 Å². The van der Waals surface area contributed by atoms with Gasteiger partial charge < -0.3 is 0 Å². The summed E-state index contributed by atoms with van der Waals surface area (Å²) in [5.74, 6) is 0. The number of nitrogens with zero attached hydrogens (tertiary/aromatic N) is 1. The molecule has 0 unspecified atom stereocenters. The molecule has 5 aromatic rings. The highest BCUT2D eigenvalue weighted by molar-refractivity contribution is 6.09. The highest BCUT2D eigenvalue weighted by Crippen LogP contribution is 2.37. The Bertz CT molecular complexity index is 1430. The minimum absolute atomic E-state index is 0.119. The average molecular weight is 391 g/mol.